The Labute approximate surface area is 152 Å². The number of aromatic nitrogens is 2. The molecule has 0 aliphatic heterocycles. The van der Waals surface area contributed by atoms with Crippen LogP contribution in [0.3, 0.4) is 0 Å². The van der Waals surface area contributed by atoms with Gasteiger partial charge in [-0.3, -0.25) is 4.99 Å². The van der Waals surface area contributed by atoms with Crippen molar-refractivity contribution in [1.82, 2.24) is 20.4 Å². The van der Waals surface area contributed by atoms with E-state index in [0.717, 1.165) is 35.3 Å². The maximum absolute atomic E-state index is 4.84. The monoisotopic (exact) mass is 435 g/mol. The Hall–Kier alpha value is -1.16. The van der Waals surface area contributed by atoms with Crippen molar-refractivity contribution in [2.75, 3.05) is 20.6 Å². The van der Waals surface area contributed by atoms with Crippen LogP contribution in [-0.2, 0) is 13.0 Å². The fourth-order valence-electron chi connectivity index (χ4n) is 2.11. The Morgan fingerprint density at radius 3 is 2.77 bits per heavy atom. The summed E-state index contributed by atoms with van der Waals surface area (Å²) in [5.41, 5.74) is 2.01. The minimum absolute atomic E-state index is 0. The number of thiazole rings is 1. The first-order chi connectivity index (χ1) is 10.1. The summed E-state index contributed by atoms with van der Waals surface area (Å²) < 4.78 is 4.84. The zero-order valence-corrected chi connectivity index (χ0v) is 16.4. The average molecular weight is 435 g/mol. The van der Waals surface area contributed by atoms with Gasteiger partial charge in [-0.2, -0.15) is 0 Å². The second-order valence-electron chi connectivity index (χ2n) is 4.81. The summed E-state index contributed by atoms with van der Waals surface area (Å²) in [5, 5.41) is 8.39. The number of aliphatic imine (C=N–C) groups is 1. The third-order valence-electron chi connectivity index (χ3n) is 3.10. The van der Waals surface area contributed by atoms with Crippen LogP contribution in [0.2, 0.25) is 0 Å². The molecular formula is C14H22IN5OS. The predicted octanol–water partition coefficient (Wildman–Crippen LogP) is 2.62. The van der Waals surface area contributed by atoms with Crippen LogP contribution < -0.4 is 5.32 Å². The number of guanidine groups is 1. The first-order valence-electron chi connectivity index (χ1n) is 6.84. The zero-order chi connectivity index (χ0) is 15.2. The van der Waals surface area contributed by atoms with Gasteiger partial charge >= 0.3 is 0 Å². The second-order valence-corrected chi connectivity index (χ2v) is 6.10. The number of halogens is 1. The summed E-state index contributed by atoms with van der Waals surface area (Å²) in [5.74, 6) is 0.844. The van der Waals surface area contributed by atoms with E-state index in [1.165, 1.54) is 4.88 Å². The molecule has 2 aromatic heterocycles. The molecule has 1 N–H and O–H groups in total. The highest BCUT2D eigenvalue weighted by atomic mass is 127. The third kappa shape index (κ3) is 5.24. The molecule has 0 amide bonds. The van der Waals surface area contributed by atoms with E-state index in [9.17, 15) is 0 Å². The van der Waals surface area contributed by atoms with Crippen LogP contribution in [-0.4, -0.2) is 41.6 Å². The summed E-state index contributed by atoms with van der Waals surface area (Å²) >= 11 is 1.76. The van der Waals surface area contributed by atoms with Crippen molar-refractivity contribution in [3.8, 4) is 0 Å². The second kappa shape index (κ2) is 9.09. The van der Waals surface area contributed by atoms with Crippen LogP contribution in [0.4, 0.5) is 0 Å². The molecular weight excluding hydrogens is 413 g/mol. The maximum atomic E-state index is 4.84. The van der Waals surface area contributed by atoms with Crippen LogP contribution in [0.1, 0.15) is 21.3 Å². The lowest BCUT2D eigenvalue weighted by Gasteiger charge is -2.20. The van der Waals surface area contributed by atoms with Gasteiger partial charge < -0.3 is 14.7 Å². The lowest BCUT2D eigenvalue weighted by atomic mass is 10.3. The molecule has 0 fully saturated rings. The first kappa shape index (κ1) is 18.9. The molecule has 0 saturated carbocycles. The van der Waals surface area contributed by atoms with Gasteiger partial charge in [0.1, 0.15) is 12.0 Å². The van der Waals surface area contributed by atoms with Gasteiger partial charge in [-0.1, -0.05) is 5.16 Å². The number of aryl methyl sites for hydroxylation is 2. The molecule has 0 saturated heterocycles. The molecule has 0 aromatic carbocycles. The van der Waals surface area contributed by atoms with Crippen LogP contribution in [0.25, 0.3) is 0 Å². The Bertz CT molecular complexity index is 596. The van der Waals surface area contributed by atoms with Crippen LogP contribution in [0.15, 0.2) is 21.8 Å². The van der Waals surface area contributed by atoms with E-state index in [1.54, 1.807) is 24.6 Å². The number of rotatable bonds is 5. The largest absolute Gasteiger partial charge is 0.364 e. The molecule has 8 heteroatoms. The Morgan fingerprint density at radius 2 is 2.23 bits per heavy atom. The molecule has 0 aliphatic carbocycles. The molecule has 0 aliphatic rings. The smallest absolute Gasteiger partial charge is 0.193 e. The van der Waals surface area contributed by atoms with Crippen molar-refractivity contribution < 1.29 is 4.52 Å². The number of hydrogen-bond donors (Lipinski definition) is 1. The van der Waals surface area contributed by atoms with Gasteiger partial charge in [0, 0.05) is 38.0 Å². The fourth-order valence-corrected chi connectivity index (χ4v) is 3.05. The van der Waals surface area contributed by atoms with E-state index in [1.807, 2.05) is 24.9 Å². The molecule has 0 radical (unpaired) electrons. The molecule has 6 nitrogen and oxygen atoms in total. The molecule has 2 rings (SSSR count). The molecule has 122 valence electrons. The van der Waals surface area contributed by atoms with Gasteiger partial charge in [-0.15, -0.1) is 35.3 Å². The van der Waals surface area contributed by atoms with E-state index in [2.05, 4.69) is 27.4 Å². The van der Waals surface area contributed by atoms with E-state index in [4.69, 9.17) is 4.52 Å². The van der Waals surface area contributed by atoms with Crippen molar-refractivity contribution in [3.05, 3.63) is 33.6 Å². The van der Waals surface area contributed by atoms with Crippen LogP contribution in [0.5, 0.6) is 0 Å². The Balaban J connectivity index is 0.00000242. The summed E-state index contributed by atoms with van der Waals surface area (Å²) in [6, 6.07) is 1.85. The maximum Gasteiger partial charge on any atom is 0.193 e. The standard InChI is InChI=1S/C14H21N5OS.HI/c1-10-13(21-11(2)17-10)5-7-16-14(15-3)19(4)9-12-6-8-20-18-12;/h6,8H,5,7,9H2,1-4H3,(H,15,16);1H. The van der Waals surface area contributed by atoms with Crippen LogP contribution in [0, 0.1) is 13.8 Å². The minimum Gasteiger partial charge on any atom is -0.364 e. The van der Waals surface area contributed by atoms with Gasteiger partial charge in [0.15, 0.2) is 5.96 Å². The first-order valence-corrected chi connectivity index (χ1v) is 7.65. The molecule has 0 spiro atoms. The zero-order valence-electron chi connectivity index (χ0n) is 13.3. The Kier molecular flexibility index (Phi) is 7.80. The highest BCUT2D eigenvalue weighted by Gasteiger charge is 2.09. The average Bonchev–Trinajstić information content (AvgIpc) is 3.05. The van der Waals surface area contributed by atoms with E-state index < -0.39 is 0 Å². The topological polar surface area (TPSA) is 66.6 Å². The minimum atomic E-state index is 0. The molecule has 2 heterocycles. The van der Waals surface area contributed by atoms with Crippen molar-refractivity contribution in [2.24, 2.45) is 4.99 Å². The van der Waals surface area contributed by atoms with Gasteiger partial charge in [0.25, 0.3) is 0 Å². The molecule has 2 aromatic rings. The molecule has 0 unspecified atom stereocenters. The Morgan fingerprint density at radius 1 is 1.45 bits per heavy atom. The van der Waals surface area contributed by atoms with E-state index in [0.29, 0.717) is 6.54 Å². The predicted molar refractivity (Wildman–Crippen MR) is 100 cm³/mol. The summed E-state index contributed by atoms with van der Waals surface area (Å²) in [4.78, 5) is 12.1. The highest BCUT2D eigenvalue weighted by Crippen LogP contribution is 2.17. The summed E-state index contributed by atoms with van der Waals surface area (Å²) in [7, 11) is 3.76. The third-order valence-corrected chi connectivity index (χ3v) is 4.23. The summed E-state index contributed by atoms with van der Waals surface area (Å²) in [6.45, 7) is 5.59. The lowest BCUT2D eigenvalue weighted by molar-refractivity contribution is 0.391. The fraction of sp³-hybridized carbons (Fsp3) is 0.500. The molecule has 0 bridgehead atoms. The number of nitrogens with zero attached hydrogens (tertiary/aromatic N) is 4. The lowest BCUT2D eigenvalue weighted by Crippen LogP contribution is -2.39. The van der Waals surface area contributed by atoms with Gasteiger partial charge in [0.2, 0.25) is 0 Å². The number of hydrogen-bond acceptors (Lipinski definition) is 5. The van der Waals surface area contributed by atoms with Crippen LogP contribution >= 0.6 is 35.3 Å². The molecule has 22 heavy (non-hydrogen) atoms. The van der Waals surface area contributed by atoms with Crippen molar-refractivity contribution in [3.63, 3.8) is 0 Å². The highest BCUT2D eigenvalue weighted by molar-refractivity contribution is 14.0. The molecule has 0 atom stereocenters. The van der Waals surface area contributed by atoms with Crippen molar-refractivity contribution in [2.45, 2.75) is 26.8 Å². The van der Waals surface area contributed by atoms with Gasteiger partial charge in [-0.25, -0.2) is 4.98 Å². The van der Waals surface area contributed by atoms with Gasteiger partial charge in [-0.05, 0) is 13.8 Å². The summed E-state index contributed by atoms with van der Waals surface area (Å²) in [6.07, 6.45) is 2.53. The van der Waals surface area contributed by atoms with Crippen molar-refractivity contribution in [1.29, 1.82) is 0 Å². The van der Waals surface area contributed by atoms with E-state index in [-0.39, 0.29) is 24.0 Å². The van der Waals surface area contributed by atoms with E-state index >= 15 is 0 Å². The number of nitrogens with one attached hydrogen (secondary N) is 1. The quantitative estimate of drug-likeness (QED) is 0.445. The SMILES string of the molecule is CN=C(NCCc1sc(C)nc1C)N(C)Cc1ccon1.I. The van der Waals surface area contributed by atoms with Gasteiger partial charge in [0.05, 0.1) is 17.2 Å². The normalized spacial score (nSPS) is 11.2. The van der Waals surface area contributed by atoms with Crippen molar-refractivity contribution >= 4 is 41.3 Å².